The minimum absolute atomic E-state index is 0.119. The molecule has 0 saturated carbocycles. The third-order valence-electron chi connectivity index (χ3n) is 4.08. The quantitative estimate of drug-likeness (QED) is 0.638. The largest absolute Gasteiger partial charge is 0.478 e. The first kappa shape index (κ1) is 18.8. The van der Waals surface area contributed by atoms with Crippen LogP contribution in [0.3, 0.4) is 0 Å². The molecule has 0 fully saturated rings. The Morgan fingerprint density at radius 1 is 1.22 bits per heavy atom. The van der Waals surface area contributed by atoms with Crippen LogP contribution in [0.2, 0.25) is 0 Å². The van der Waals surface area contributed by atoms with Gasteiger partial charge in [0.25, 0.3) is 0 Å². The molecule has 0 aliphatic rings. The Balaban J connectivity index is 1.64. The molecule has 0 bridgehead atoms. The molecule has 0 aliphatic carbocycles. The summed E-state index contributed by atoms with van der Waals surface area (Å²) in [6, 6.07) is 9.37. The molecule has 0 aliphatic heterocycles. The molecule has 2 heterocycles. The highest BCUT2D eigenvalue weighted by Crippen LogP contribution is 2.33. The zero-order chi connectivity index (χ0) is 19.4. The Hall–Kier alpha value is -3.00. The van der Waals surface area contributed by atoms with Crippen molar-refractivity contribution in [2.45, 2.75) is 33.1 Å². The summed E-state index contributed by atoms with van der Waals surface area (Å²) in [6.07, 6.45) is 0.997. The molecule has 2 aromatic heterocycles. The molecule has 0 saturated heterocycles. The first-order valence-electron chi connectivity index (χ1n) is 8.52. The number of nitrogens with one attached hydrogen (secondary N) is 1. The Morgan fingerprint density at radius 3 is 2.63 bits per heavy atom. The predicted molar refractivity (Wildman–Crippen MR) is 102 cm³/mol. The van der Waals surface area contributed by atoms with Gasteiger partial charge in [0, 0.05) is 23.3 Å². The van der Waals surface area contributed by atoms with Gasteiger partial charge in [-0.15, -0.1) is 21.5 Å². The zero-order valence-corrected chi connectivity index (χ0v) is 15.8. The molecule has 0 radical (unpaired) electrons. The molecule has 3 rings (SSSR count). The van der Waals surface area contributed by atoms with Crippen molar-refractivity contribution in [1.82, 2.24) is 10.2 Å². The third kappa shape index (κ3) is 4.22. The fourth-order valence-corrected chi connectivity index (χ4v) is 3.93. The number of rotatable bonds is 7. The van der Waals surface area contributed by atoms with E-state index >= 15 is 0 Å². The number of aryl methyl sites for hydroxylation is 2. The number of amides is 1. The number of carboxylic acids is 1. The van der Waals surface area contributed by atoms with Gasteiger partial charge in [-0.05, 0) is 31.0 Å². The first-order valence-corrected chi connectivity index (χ1v) is 9.34. The topological polar surface area (TPSA) is 105 Å². The lowest BCUT2D eigenvalue weighted by Gasteiger charge is -2.04. The third-order valence-corrected chi connectivity index (χ3v) is 5.15. The molecule has 1 amide bonds. The van der Waals surface area contributed by atoms with Gasteiger partial charge in [-0.2, -0.15) is 0 Å². The van der Waals surface area contributed by atoms with Crippen LogP contribution >= 0.6 is 11.3 Å². The SMILES string of the molecule is CCc1c(C)sc(NC(=O)CCc2nnc(-c3ccccc3)o2)c1C(=O)O. The summed E-state index contributed by atoms with van der Waals surface area (Å²) in [5, 5.41) is 20.5. The number of aromatic carboxylic acids is 1. The van der Waals surface area contributed by atoms with Crippen molar-refractivity contribution < 1.29 is 19.1 Å². The van der Waals surface area contributed by atoms with Crippen molar-refractivity contribution in [3.05, 3.63) is 52.2 Å². The van der Waals surface area contributed by atoms with Gasteiger partial charge < -0.3 is 14.8 Å². The standard InChI is InChI=1S/C19H19N3O4S/c1-3-13-11(2)27-18(16(13)19(24)25)20-14(23)9-10-15-21-22-17(26-15)12-7-5-4-6-8-12/h4-8H,3,9-10H2,1-2H3,(H,20,23)(H,24,25). The Kier molecular flexibility index (Phi) is 5.66. The zero-order valence-electron chi connectivity index (χ0n) is 15.0. The van der Waals surface area contributed by atoms with E-state index in [-0.39, 0.29) is 24.3 Å². The van der Waals surface area contributed by atoms with Gasteiger partial charge in [-0.25, -0.2) is 4.79 Å². The van der Waals surface area contributed by atoms with E-state index in [9.17, 15) is 14.7 Å². The fourth-order valence-electron chi connectivity index (χ4n) is 2.78. The van der Waals surface area contributed by atoms with Crippen LogP contribution in [0.15, 0.2) is 34.7 Å². The number of carbonyl (C=O) groups excluding carboxylic acids is 1. The molecule has 3 aromatic rings. The van der Waals surface area contributed by atoms with Crippen LogP contribution in [0, 0.1) is 6.92 Å². The first-order chi connectivity index (χ1) is 13.0. The molecule has 8 heteroatoms. The molecular formula is C19H19N3O4S. The van der Waals surface area contributed by atoms with Crippen molar-refractivity contribution in [1.29, 1.82) is 0 Å². The molecule has 0 unspecified atom stereocenters. The van der Waals surface area contributed by atoms with Crippen LogP contribution in [0.25, 0.3) is 11.5 Å². The molecule has 0 spiro atoms. The summed E-state index contributed by atoms with van der Waals surface area (Å²) in [7, 11) is 0. The maximum Gasteiger partial charge on any atom is 0.339 e. The number of carbonyl (C=O) groups is 2. The number of aromatic nitrogens is 2. The Bertz CT molecular complexity index is 963. The van der Waals surface area contributed by atoms with E-state index in [1.54, 1.807) is 0 Å². The van der Waals surface area contributed by atoms with Crippen molar-refractivity contribution in [2.24, 2.45) is 0 Å². The van der Waals surface area contributed by atoms with Gasteiger partial charge in [0.15, 0.2) is 0 Å². The van der Waals surface area contributed by atoms with Gasteiger partial charge in [0.2, 0.25) is 17.7 Å². The number of hydrogen-bond donors (Lipinski definition) is 2. The summed E-state index contributed by atoms with van der Waals surface area (Å²) in [6.45, 7) is 3.75. The monoisotopic (exact) mass is 385 g/mol. The minimum Gasteiger partial charge on any atom is -0.478 e. The van der Waals surface area contributed by atoms with E-state index < -0.39 is 5.97 Å². The lowest BCUT2D eigenvalue weighted by atomic mass is 10.1. The van der Waals surface area contributed by atoms with Gasteiger partial charge in [0.05, 0.1) is 5.56 Å². The van der Waals surface area contributed by atoms with Gasteiger partial charge in [0.1, 0.15) is 5.00 Å². The number of anilines is 1. The lowest BCUT2D eigenvalue weighted by Crippen LogP contribution is -2.14. The van der Waals surface area contributed by atoms with Crippen LogP contribution in [0.1, 0.15) is 40.0 Å². The number of thiophene rings is 1. The van der Waals surface area contributed by atoms with Gasteiger partial charge in [-0.3, -0.25) is 4.79 Å². The molecule has 140 valence electrons. The van der Waals surface area contributed by atoms with Crippen molar-refractivity contribution in [2.75, 3.05) is 5.32 Å². The summed E-state index contributed by atoms with van der Waals surface area (Å²) in [5.74, 6) is -0.559. The number of benzene rings is 1. The summed E-state index contributed by atoms with van der Waals surface area (Å²) in [5.41, 5.74) is 1.75. The van der Waals surface area contributed by atoms with Crippen LogP contribution in [-0.4, -0.2) is 27.2 Å². The van der Waals surface area contributed by atoms with Crippen LogP contribution in [-0.2, 0) is 17.6 Å². The molecule has 7 nitrogen and oxygen atoms in total. The van der Waals surface area contributed by atoms with Crippen molar-refractivity contribution in [3.63, 3.8) is 0 Å². The van der Waals surface area contributed by atoms with Crippen molar-refractivity contribution >= 4 is 28.2 Å². The van der Waals surface area contributed by atoms with Gasteiger partial charge >= 0.3 is 5.97 Å². The number of nitrogens with zero attached hydrogens (tertiary/aromatic N) is 2. The van der Waals surface area contributed by atoms with E-state index in [0.29, 0.717) is 23.2 Å². The maximum atomic E-state index is 12.3. The Morgan fingerprint density at radius 2 is 1.96 bits per heavy atom. The van der Waals surface area contributed by atoms with Gasteiger partial charge in [-0.1, -0.05) is 25.1 Å². The number of hydrogen-bond acceptors (Lipinski definition) is 6. The molecule has 0 atom stereocenters. The highest BCUT2D eigenvalue weighted by Gasteiger charge is 2.22. The Labute approximate surface area is 160 Å². The van der Waals surface area contributed by atoms with Crippen LogP contribution < -0.4 is 5.32 Å². The molecule has 27 heavy (non-hydrogen) atoms. The van der Waals surface area contributed by atoms with E-state index in [1.165, 1.54) is 11.3 Å². The highest BCUT2D eigenvalue weighted by atomic mass is 32.1. The second-order valence-electron chi connectivity index (χ2n) is 5.91. The average Bonchev–Trinajstić information content (AvgIpc) is 3.24. The lowest BCUT2D eigenvalue weighted by molar-refractivity contribution is -0.116. The van der Waals surface area contributed by atoms with E-state index in [4.69, 9.17) is 4.42 Å². The highest BCUT2D eigenvalue weighted by molar-refractivity contribution is 7.16. The average molecular weight is 385 g/mol. The van der Waals surface area contributed by atoms with E-state index in [1.807, 2.05) is 44.2 Å². The van der Waals surface area contributed by atoms with Crippen molar-refractivity contribution in [3.8, 4) is 11.5 Å². The van der Waals surface area contributed by atoms with Crippen LogP contribution in [0.4, 0.5) is 5.00 Å². The molecule has 1 aromatic carbocycles. The number of carboxylic acid groups (broad SMARTS) is 1. The second kappa shape index (κ2) is 8.13. The fraction of sp³-hybridized carbons (Fsp3) is 0.263. The van der Waals surface area contributed by atoms with E-state index in [2.05, 4.69) is 15.5 Å². The predicted octanol–water partition coefficient (Wildman–Crippen LogP) is 3.94. The summed E-state index contributed by atoms with van der Waals surface area (Å²) in [4.78, 5) is 24.7. The second-order valence-corrected chi connectivity index (χ2v) is 7.14. The summed E-state index contributed by atoms with van der Waals surface area (Å²) < 4.78 is 5.58. The van der Waals surface area contributed by atoms with E-state index in [0.717, 1.165) is 16.0 Å². The summed E-state index contributed by atoms with van der Waals surface area (Å²) >= 11 is 1.28. The maximum absolute atomic E-state index is 12.3. The normalized spacial score (nSPS) is 10.7. The molecular weight excluding hydrogens is 366 g/mol. The molecule has 2 N–H and O–H groups in total. The van der Waals surface area contributed by atoms with Crippen LogP contribution in [0.5, 0.6) is 0 Å². The minimum atomic E-state index is -1.03. The smallest absolute Gasteiger partial charge is 0.339 e.